The summed E-state index contributed by atoms with van der Waals surface area (Å²) in [5, 5.41) is 8.67. The van der Waals surface area contributed by atoms with Crippen LogP contribution >= 0.6 is 11.6 Å². The van der Waals surface area contributed by atoms with Gasteiger partial charge in [0.05, 0.1) is 12.2 Å². The van der Waals surface area contributed by atoms with E-state index in [0.29, 0.717) is 29.7 Å². The first kappa shape index (κ1) is 21.5. The number of halogens is 1. The van der Waals surface area contributed by atoms with Crippen molar-refractivity contribution in [2.75, 3.05) is 0 Å². The van der Waals surface area contributed by atoms with Gasteiger partial charge in [-0.25, -0.2) is 0 Å². The van der Waals surface area contributed by atoms with Gasteiger partial charge >= 0.3 is 0 Å². The number of amides is 2. The summed E-state index contributed by atoms with van der Waals surface area (Å²) < 4.78 is 1.76. The molecule has 1 unspecified atom stereocenters. The first-order chi connectivity index (χ1) is 15.4. The highest BCUT2D eigenvalue weighted by atomic mass is 35.5. The van der Waals surface area contributed by atoms with Gasteiger partial charge < -0.3 is 10.2 Å². The van der Waals surface area contributed by atoms with E-state index in [-0.39, 0.29) is 17.9 Å². The highest BCUT2D eigenvalue weighted by molar-refractivity contribution is 6.30. The number of rotatable bonds is 5. The maximum Gasteiger partial charge on any atom is 0.273 e. The van der Waals surface area contributed by atoms with Gasteiger partial charge in [0.15, 0.2) is 0 Å². The number of nitrogens with one attached hydrogen (secondary N) is 1. The molecule has 1 N–H and O–H groups in total. The zero-order valence-electron chi connectivity index (χ0n) is 18.6. The Bertz CT molecular complexity index is 1010. The Morgan fingerprint density at radius 2 is 1.81 bits per heavy atom. The van der Waals surface area contributed by atoms with E-state index in [4.69, 9.17) is 16.7 Å². The summed E-state index contributed by atoms with van der Waals surface area (Å²) in [6.07, 6.45) is 9.00. The summed E-state index contributed by atoms with van der Waals surface area (Å²) in [5.41, 5.74) is 1.50. The maximum absolute atomic E-state index is 13.7. The predicted octanol–water partition coefficient (Wildman–Crippen LogP) is 4.67. The Balaban J connectivity index is 1.46. The minimum atomic E-state index is -1.01. The van der Waals surface area contributed by atoms with E-state index in [0.717, 1.165) is 49.8 Å². The molecule has 0 saturated heterocycles. The van der Waals surface area contributed by atoms with E-state index in [1.54, 1.807) is 9.58 Å². The number of carbonyl (C=O) groups excluding carboxylic acids is 2. The molecule has 2 amide bonds. The van der Waals surface area contributed by atoms with Crippen molar-refractivity contribution < 1.29 is 9.59 Å². The summed E-state index contributed by atoms with van der Waals surface area (Å²) >= 11 is 6.06. The zero-order valence-corrected chi connectivity index (χ0v) is 19.4. The van der Waals surface area contributed by atoms with Gasteiger partial charge in [-0.3, -0.25) is 14.3 Å². The summed E-state index contributed by atoms with van der Waals surface area (Å²) in [6.45, 7) is 2.61. The van der Waals surface area contributed by atoms with Crippen LogP contribution in [0.1, 0.15) is 86.0 Å². The molecular weight excluding hydrogens is 424 g/mol. The third kappa shape index (κ3) is 4.17. The van der Waals surface area contributed by atoms with Crippen molar-refractivity contribution in [3.63, 3.8) is 0 Å². The van der Waals surface area contributed by atoms with Crippen LogP contribution < -0.4 is 5.32 Å². The predicted molar refractivity (Wildman–Crippen MR) is 124 cm³/mol. The Labute approximate surface area is 194 Å². The highest BCUT2D eigenvalue weighted by Gasteiger charge is 2.48. The van der Waals surface area contributed by atoms with E-state index >= 15 is 0 Å². The first-order valence-corrected chi connectivity index (χ1v) is 12.3. The van der Waals surface area contributed by atoms with Crippen molar-refractivity contribution in [2.24, 2.45) is 0 Å². The SMILES string of the molecule is CC1(C(=O)NC2CCCCCC2)Cn2nc(C3CC3)cc2C(=O)N1Cc1ccc(Cl)cc1. The number of hydrogen-bond acceptors (Lipinski definition) is 3. The number of aromatic nitrogens is 2. The van der Waals surface area contributed by atoms with Gasteiger partial charge in [-0.2, -0.15) is 5.10 Å². The average Bonchev–Trinajstić information content (AvgIpc) is 3.58. The van der Waals surface area contributed by atoms with Crippen molar-refractivity contribution in [1.82, 2.24) is 20.0 Å². The number of carbonyl (C=O) groups is 2. The van der Waals surface area contributed by atoms with Gasteiger partial charge in [-0.05, 0) is 56.4 Å². The van der Waals surface area contributed by atoms with E-state index < -0.39 is 5.54 Å². The van der Waals surface area contributed by atoms with Crippen LogP contribution in [0.2, 0.25) is 5.02 Å². The van der Waals surface area contributed by atoms with Crippen molar-refractivity contribution in [3.8, 4) is 0 Å². The van der Waals surface area contributed by atoms with Crippen LogP contribution in [0.15, 0.2) is 30.3 Å². The largest absolute Gasteiger partial charge is 0.351 e. The molecule has 1 aromatic carbocycles. The highest BCUT2D eigenvalue weighted by Crippen LogP contribution is 2.41. The molecule has 1 aliphatic heterocycles. The van der Waals surface area contributed by atoms with Crippen LogP contribution in [-0.2, 0) is 17.9 Å². The third-order valence-electron chi connectivity index (χ3n) is 7.25. The summed E-state index contributed by atoms with van der Waals surface area (Å²) in [5.74, 6) is 0.238. The van der Waals surface area contributed by atoms with Gasteiger partial charge in [0.2, 0.25) is 5.91 Å². The number of fused-ring (bicyclic) bond motifs is 1. The lowest BCUT2D eigenvalue weighted by molar-refractivity contribution is -0.134. The van der Waals surface area contributed by atoms with Crippen LogP contribution in [-0.4, -0.2) is 38.1 Å². The molecule has 2 aliphatic carbocycles. The third-order valence-corrected chi connectivity index (χ3v) is 7.50. The van der Waals surface area contributed by atoms with E-state index in [1.807, 2.05) is 37.3 Å². The molecular formula is C25H31ClN4O2. The molecule has 3 aliphatic rings. The topological polar surface area (TPSA) is 67.2 Å². The quantitative estimate of drug-likeness (QED) is 0.667. The molecule has 1 aromatic heterocycles. The van der Waals surface area contributed by atoms with E-state index in [2.05, 4.69) is 5.32 Å². The lowest BCUT2D eigenvalue weighted by Crippen LogP contribution is -2.64. The van der Waals surface area contributed by atoms with E-state index in [1.165, 1.54) is 12.8 Å². The second-order valence-corrected chi connectivity index (χ2v) is 10.3. The Morgan fingerprint density at radius 1 is 1.12 bits per heavy atom. The monoisotopic (exact) mass is 454 g/mol. The normalized spacial score (nSPS) is 24.2. The molecule has 2 fully saturated rings. The molecule has 32 heavy (non-hydrogen) atoms. The zero-order chi connectivity index (χ0) is 22.3. The number of benzene rings is 1. The minimum absolute atomic E-state index is 0.0826. The summed E-state index contributed by atoms with van der Waals surface area (Å²) in [7, 11) is 0. The van der Waals surface area contributed by atoms with Crippen molar-refractivity contribution in [1.29, 1.82) is 0 Å². The molecule has 170 valence electrons. The van der Waals surface area contributed by atoms with Gasteiger partial charge in [0.1, 0.15) is 11.2 Å². The molecule has 6 nitrogen and oxygen atoms in total. The smallest absolute Gasteiger partial charge is 0.273 e. The second kappa shape index (κ2) is 8.54. The van der Waals surface area contributed by atoms with Crippen LogP contribution in [0, 0.1) is 0 Å². The molecule has 0 radical (unpaired) electrons. The number of hydrogen-bond donors (Lipinski definition) is 1. The van der Waals surface area contributed by atoms with Crippen molar-refractivity contribution in [3.05, 3.63) is 52.3 Å². The minimum Gasteiger partial charge on any atom is -0.351 e. The van der Waals surface area contributed by atoms with Crippen molar-refractivity contribution >= 4 is 23.4 Å². The molecule has 2 aromatic rings. The van der Waals surface area contributed by atoms with Crippen LogP contribution in [0.3, 0.4) is 0 Å². The molecule has 2 heterocycles. The summed E-state index contributed by atoms with van der Waals surface area (Å²) in [4.78, 5) is 29.1. The van der Waals surface area contributed by atoms with Crippen LogP contribution in [0.5, 0.6) is 0 Å². The standard InChI is InChI=1S/C25H31ClN4O2/c1-25(24(32)27-20-6-4-2-3-5-7-20)16-30-22(14-21(28-30)18-10-11-18)23(31)29(25)15-17-8-12-19(26)13-9-17/h8-9,12-14,18,20H,2-7,10-11,15-16H2,1H3,(H,27,32). The van der Waals surface area contributed by atoms with Crippen LogP contribution in [0.4, 0.5) is 0 Å². The van der Waals surface area contributed by atoms with Gasteiger partial charge in [0.25, 0.3) is 5.91 Å². The fraction of sp³-hybridized carbons (Fsp3) is 0.560. The Hall–Kier alpha value is -2.34. The Morgan fingerprint density at radius 3 is 2.47 bits per heavy atom. The second-order valence-electron chi connectivity index (χ2n) is 9.84. The number of nitrogens with zero attached hydrogens (tertiary/aromatic N) is 3. The van der Waals surface area contributed by atoms with Crippen LogP contribution in [0.25, 0.3) is 0 Å². The lowest BCUT2D eigenvalue weighted by atomic mass is 9.93. The summed E-state index contributed by atoms with van der Waals surface area (Å²) in [6, 6.07) is 9.59. The maximum atomic E-state index is 13.7. The lowest BCUT2D eigenvalue weighted by Gasteiger charge is -2.44. The average molecular weight is 455 g/mol. The van der Waals surface area contributed by atoms with Gasteiger partial charge in [-0.1, -0.05) is 49.4 Å². The molecule has 0 spiro atoms. The first-order valence-electron chi connectivity index (χ1n) is 11.9. The fourth-order valence-electron chi connectivity index (χ4n) is 5.02. The van der Waals surface area contributed by atoms with Gasteiger partial charge in [0, 0.05) is 23.5 Å². The Kier molecular flexibility index (Phi) is 5.74. The molecule has 2 saturated carbocycles. The van der Waals surface area contributed by atoms with Gasteiger partial charge in [-0.15, -0.1) is 0 Å². The molecule has 7 heteroatoms. The molecule has 5 rings (SSSR count). The molecule has 1 atom stereocenters. The molecule has 0 bridgehead atoms. The fourth-order valence-corrected chi connectivity index (χ4v) is 5.15. The van der Waals surface area contributed by atoms with E-state index in [9.17, 15) is 9.59 Å². The van der Waals surface area contributed by atoms with Crippen molar-refractivity contribution in [2.45, 2.75) is 88.9 Å².